The van der Waals surface area contributed by atoms with Crippen molar-refractivity contribution in [2.75, 3.05) is 0 Å². The minimum Gasteiger partial charge on any atom is -0.465 e. The molecule has 8 heteroatoms. The van der Waals surface area contributed by atoms with E-state index in [-0.39, 0.29) is 19.6 Å². The summed E-state index contributed by atoms with van der Waals surface area (Å²) in [5.74, 6) is 0.966. The van der Waals surface area contributed by atoms with Crippen molar-refractivity contribution in [3.8, 4) is 0 Å². The summed E-state index contributed by atoms with van der Waals surface area (Å²) in [4.78, 5) is 38.2. The van der Waals surface area contributed by atoms with Crippen molar-refractivity contribution in [2.45, 2.75) is 26.6 Å². The van der Waals surface area contributed by atoms with E-state index in [4.69, 9.17) is 16.0 Å². The van der Waals surface area contributed by atoms with Gasteiger partial charge in [0.25, 0.3) is 0 Å². The van der Waals surface area contributed by atoms with Crippen LogP contribution in [-0.4, -0.2) is 15.0 Å². The predicted octanol–water partition coefficient (Wildman–Crippen LogP) is 3.08. The molecule has 31 heavy (non-hydrogen) atoms. The Bertz CT molecular complexity index is 1370. The Labute approximate surface area is 182 Å². The van der Waals surface area contributed by atoms with E-state index in [1.807, 2.05) is 6.92 Å². The van der Waals surface area contributed by atoms with Crippen molar-refractivity contribution in [3.63, 3.8) is 0 Å². The number of amides is 1. The fourth-order valence-corrected chi connectivity index (χ4v) is 3.55. The highest BCUT2D eigenvalue weighted by atomic mass is 35.5. The van der Waals surface area contributed by atoms with Crippen LogP contribution in [0, 0.1) is 6.92 Å². The largest absolute Gasteiger partial charge is 0.465 e. The molecular formula is C23H20ClN3O4. The van der Waals surface area contributed by atoms with E-state index in [9.17, 15) is 14.4 Å². The molecule has 1 N–H and O–H groups in total. The fraction of sp³-hybridized carbons (Fsp3) is 0.174. The van der Waals surface area contributed by atoms with Crippen LogP contribution in [0.4, 0.5) is 0 Å². The highest BCUT2D eigenvalue weighted by molar-refractivity contribution is 6.30. The van der Waals surface area contributed by atoms with Gasteiger partial charge in [0.15, 0.2) is 0 Å². The summed E-state index contributed by atoms with van der Waals surface area (Å²) < 4.78 is 8.06. The number of carbonyl (C=O) groups is 1. The number of halogens is 1. The second-order valence-electron chi connectivity index (χ2n) is 7.19. The number of carbonyl (C=O) groups excluding carboxylic acids is 1. The fourth-order valence-electron chi connectivity index (χ4n) is 3.42. The molecule has 0 aliphatic heterocycles. The summed E-state index contributed by atoms with van der Waals surface area (Å²) in [7, 11) is 0. The third-order valence-corrected chi connectivity index (χ3v) is 5.20. The molecule has 0 radical (unpaired) electrons. The molecule has 0 atom stereocenters. The standard InChI is InChI=1S/C23H20ClN3O4/c1-15-6-11-18(31-15)12-25-21(28)14-27-20-5-3-2-4-19(20)26(22(29)23(27)30)13-16-7-9-17(24)10-8-16/h2-11H,12-14H2,1H3,(H,25,28). The van der Waals surface area contributed by atoms with Crippen LogP contribution < -0.4 is 16.4 Å². The Morgan fingerprint density at radius 1 is 0.935 bits per heavy atom. The zero-order valence-electron chi connectivity index (χ0n) is 16.8. The lowest BCUT2D eigenvalue weighted by Gasteiger charge is -2.15. The summed E-state index contributed by atoms with van der Waals surface area (Å²) in [5, 5.41) is 3.31. The Balaban J connectivity index is 1.66. The maximum atomic E-state index is 12.9. The van der Waals surface area contributed by atoms with E-state index >= 15 is 0 Å². The molecule has 0 saturated carbocycles. The lowest BCUT2D eigenvalue weighted by molar-refractivity contribution is -0.121. The SMILES string of the molecule is Cc1ccc(CNC(=O)Cn2c(=O)c(=O)n(Cc3ccc(Cl)cc3)c3ccccc32)o1. The number of nitrogens with zero attached hydrogens (tertiary/aromatic N) is 2. The maximum absolute atomic E-state index is 12.9. The van der Waals surface area contributed by atoms with Crippen LogP contribution in [-0.2, 0) is 24.4 Å². The number of hydrogen-bond donors (Lipinski definition) is 1. The molecule has 2 aromatic heterocycles. The van der Waals surface area contributed by atoms with E-state index in [1.165, 1.54) is 9.13 Å². The van der Waals surface area contributed by atoms with Crippen molar-refractivity contribution in [3.05, 3.63) is 103 Å². The first kappa shape index (κ1) is 20.7. The second-order valence-corrected chi connectivity index (χ2v) is 7.62. The van der Waals surface area contributed by atoms with E-state index in [2.05, 4.69) is 5.32 Å². The molecule has 0 aliphatic rings. The third-order valence-electron chi connectivity index (χ3n) is 4.95. The first-order chi connectivity index (χ1) is 14.9. The van der Waals surface area contributed by atoms with Gasteiger partial charge in [0.2, 0.25) is 5.91 Å². The van der Waals surface area contributed by atoms with Crippen molar-refractivity contribution >= 4 is 28.5 Å². The quantitative estimate of drug-likeness (QED) is 0.470. The normalized spacial score (nSPS) is 11.0. The van der Waals surface area contributed by atoms with Crippen LogP contribution >= 0.6 is 11.6 Å². The van der Waals surface area contributed by atoms with Crippen molar-refractivity contribution in [2.24, 2.45) is 0 Å². The van der Waals surface area contributed by atoms with E-state index in [1.54, 1.807) is 60.7 Å². The van der Waals surface area contributed by atoms with Gasteiger partial charge in [-0.05, 0) is 48.9 Å². The Morgan fingerprint density at radius 3 is 2.23 bits per heavy atom. The summed E-state index contributed by atoms with van der Waals surface area (Å²) in [6.07, 6.45) is 0. The van der Waals surface area contributed by atoms with Gasteiger partial charge in [-0.1, -0.05) is 35.9 Å². The van der Waals surface area contributed by atoms with E-state index in [0.717, 1.165) is 11.3 Å². The van der Waals surface area contributed by atoms with Crippen LogP contribution in [0.2, 0.25) is 5.02 Å². The Morgan fingerprint density at radius 2 is 1.58 bits per heavy atom. The van der Waals surface area contributed by atoms with Crippen LogP contribution in [0.1, 0.15) is 17.1 Å². The molecule has 0 aliphatic carbocycles. The molecule has 4 rings (SSSR count). The summed E-state index contributed by atoms with van der Waals surface area (Å²) >= 11 is 5.94. The topological polar surface area (TPSA) is 86.2 Å². The number of furan rings is 1. The molecule has 0 spiro atoms. The van der Waals surface area contributed by atoms with Gasteiger partial charge in [-0.3, -0.25) is 23.5 Å². The lowest BCUT2D eigenvalue weighted by atomic mass is 10.2. The highest BCUT2D eigenvalue weighted by Crippen LogP contribution is 2.14. The smallest absolute Gasteiger partial charge is 0.317 e. The van der Waals surface area contributed by atoms with Crippen molar-refractivity contribution in [1.29, 1.82) is 0 Å². The summed E-state index contributed by atoms with van der Waals surface area (Å²) in [5.41, 5.74) is 0.460. The average Bonchev–Trinajstić information content (AvgIpc) is 3.19. The predicted molar refractivity (Wildman–Crippen MR) is 118 cm³/mol. The molecule has 2 heterocycles. The number of para-hydroxylation sites is 2. The molecule has 0 unspecified atom stereocenters. The Kier molecular flexibility index (Phi) is 5.77. The monoisotopic (exact) mass is 437 g/mol. The van der Waals surface area contributed by atoms with Gasteiger partial charge in [0, 0.05) is 5.02 Å². The van der Waals surface area contributed by atoms with Crippen LogP contribution in [0.5, 0.6) is 0 Å². The maximum Gasteiger partial charge on any atom is 0.317 e. The number of benzene rings is 2. The molecule has 1 amide bonds. The number of aryl methyl sites for hydroxylation is 1. The third kappa shape index (κ3) is 4.46. The van der Waals surface area contributed by atoms with Crippen molar-refractivity contribution < 1.29 is 9.21 Å². The number of aromatic nitrogens is 2. The zero-order valence-corrected chi connectivity index (χ0v) is 17.6. The minimum atomic E-state index is -0.753. The lowest BCUT2D eigenvalue weighted by Crippen LogP contribution is -2.44. The zero-order chi connectivity index (χ0) is 22.0. The first-order valence-corrected chi connectivity index (χ1v) is 10.1. The molecule has 0 bridgehead atoms. The van der Waals surface area contributed by atoms with Gasteiger partial charge in [0.05, 0.1) is 24.1 Å². The molecule has 158 valence electrons. The van der Waals surface area contributed by atoms with Gasteiger partial charge in [-0.15, -0.1) is 0 Å². The average molecular weight is 438 g/mol. The first-order valence-electron chi connectivity index (χ1n) is 9.71. The number of nitrogens with one attached hydrogen (secondary N) is 1. The highest BCUT2D eigenvalue weighted by Gasteiger charge is 2.15. The van der Waals surface area contributed by atoms with Crippen LogP contribution in [0.15, 0.2) is 74.7 Å². The molecular weight excluding hydrogens is 418 g/mol. The number of fused-ring (bicyclic) bond motifs is 1. The molecule has 0 saturated heterocycles. The van der Waals surface area contributed by atoms with Crippen molar-refractivity contribution in [1.82, 2.24) is 14.5 Å². The number of hydrogen-bond acceptors (Lipinski definition) is 4. The molecule has 2 aromatic carbocycles. The Hall–Kier alpha value is -3.58. The molecule has 4 aromatic rings. The van der Waals surface area contributed by atoms with Gasteiger partial charge < -0.3 is 9.73 Å². The second kappa shape index (κ2) is 8.65. The summed E-state index contributed by atoms with van der Waals surface area (Å²) in [6.45, 7) is 1.97. The van der Waals surface area contributed by atoms with Gasteiger partial charge in [-0.25, -0.2) is 0 Å². The molecule has 0 fully saturated rings. The number of rotatable bonds is 6. The van der Waals surface area contributed by atoms with Crippen LogP contribution in [0.3, 0.4) is 0 Å². The van der Waals surface area contributed by atoms with E-state index in [0.29, 0.717) is 21.8 Å². The van der Waals surface area contributed by atoms with E-state index < -0.39 is 17.0 Å². The van der Waals surface area contributed by atoms with Gasteiger partial charge in [0.1, 0.15) is 18.1 Å². The van der Waals surface area contributed by atoms with Gasteiger partial charge >= 0.3 is 11.1 Å². The minimum absolute atomic E-state index is 0.201. The van der Waals surface area contributed by atoms with Gasteiger partial charge in [-0.2, -0.15) is 0 Å². The van der Waals surface area contributed by atoms with Crippen LogP contribution in [0.25, 0.3) is 11.0 Å². The summed E-state index contributed by atoms with van der Waals surface area (Å²) in [6, 6.07) is 17.7. The molecule has 7 nitrogen and oxygen atoms in total.